The first-order valence-corrected chi connectivity index (χ1v) is 8.54. The van der Waals surface area contributed by atoms with Gasteiger partial charge in [-0.15, -0.1) is 34.2 Å². The Morgan fingerprint density at radius 1 is 1.25 bits per heavy atom. The zero-order valence-electron chi connectivity index (χ0n) is 14.8. The van der Waals surface area contributed by atoms with E-state index < -0.39 is 0 Å². The molecule has 1 aliphatic carbocycles. The quantitative estimate of drug-likeness (QED) is 0.247. The third-order valence-electron chi connectivity index (χ3n) is 4.71. The Kier molecular flexibility index (Phi) is 10.2. The molecule has 1 aromatic rings. The summed E-state index contributed by atoms with van der Waals surface area (Å²) < 4.78 is 7.25. The van der Waals surface area contributed by atoms with Crippen LogP contribution in [0.15, 0.2) is 17.6 Å². The predicted octanol–water partition coefficient (Wildman–Crippen LogP) is 2.05. The molecular formula is C16H31IN6O. The van der Waals surface area contributed by atoms with E-state index in [4.69, 9.17) is 4.74 Å². The van der Waals surface area contributed by atoms with Crippen molar-refractivity contribution in [2.75, 3.05) is 33.9 Å². The molecule has 0 saturated heterocycles. The lowest BCUT2D eigenvalue weighted by Gasteiger charge is -2.42. The molecule has 1 aromatic heterocycles. The van der Waals surface area contributed by atoms with Gasteiger partial charge in [-0.3, -0.25) is 4.99 Å². The number of hydrogen-bond donors (Lipinski definition) is 2. The maximum atomic E-state index is 5.24. The summed E-state index contributed by atoms with van der Waals surface area (Å²) in [5, 5.41) is 14.5. The van der Waals surface area contributed by atoms with E-state index in [9.17, 15) is 0 Å². The highest BCUT2D eigenvalue weighted by Crippen LogP contribution is 2.43. The second kappa shape index (κ2) is 11.6. The van der Waals surface area contributed by atoms with Gasteiger partial charge in [0, 0.05) is 40.4 Å². The molecule has 0 atom stereocenters. The van der Waals surface area contributed by atoms with E-state index in [2.05, 4.69) is 25.8 Å². The highest BCUT2D eigenvalue weighted by molar-refractivity contribution is 14.0. The summed E-state index contributed by atoms with van der Waals surface area (Å²) >= 11 is 0. The van der Waals surface area contributed by atoms with Crippen molar-refractivity contribution in [3.05, 3.63) is 12.7 Å². The second-order valence-electron chi connectivity index (χ2n) is 6.36. The third kappa shape index (κ3) is 6.92. The van der Waals surface area contributed by atoms with Gasteiger partial charge in [0.2, 0.25) is 0 Å². The molecule has 7 nitrogen and oxygen atoms in total. The molecule has 0 bridgehead atoms. The van der Waals surface area contributed by atoms with Gasteiger partial charge in [0.1, 0.15) is 12.7 Å². The average Bonchev–Trinajstić information content (AvgIpc) is 3.04. The number of nitrogens with one attached hydrogen (secondary N) is 2. The van der Waals surface area contributed by atoms with Crippen LogP contribution in [0.4, 0.5) is 0 Å². The van der Waals surface area contributed by atoms with Gasteiger partial charge in [0.15, 0.2) is 5.96 Å². The minimum absolute atomic E-state index is 0. The molecule has 1 fully saturated rings. The second-order valence-corrected chi connectivity index (χ2v) is 6.36. The molecule has 24 heavy (non-hydrogen) atoms. The van der Waals surface area contributed by atoms with Crippen LogP contribution in [-0.4, -0.2) is 54.6 Å². The van der Waals surface area contributed by atoms with Gasteiger partial charge in [-0.25, -0.2) is 0 Å². The SMILES string of the molecule is CN=C(NCCCCn1cnnc1)NCC1(CCOC)CCC1.I. The first kappa shape index (κ1) is 21.1. The summed E-state index contributed by atoms with van der Waals surface area (Å²) in [5.74, 6) is 0.901. The van der Waals surface area contributed by atoms with E-state index >= 15 is 0 Å². The van der Waals surface area contributed by atoms with E-state index in [0.717, 1.165) is 51.5 Å². The van der Waals surface area contributed by atoms with Crippen LogP contribution in [0.2, 0.25) is 0 Å². The van der Waals surface area contributed by atoms with Crippen molar-refractivity contribution in [3.63, 3.8) is 0 Å². The molecule has 0 aliphatic heterocycles. The number of halogens is 1. The lowest BCUT2D eigenvalue weighted by molar-refractivity contribution is 0.0732. The van der Waals surface area contributed by atoms with Crippen LogP contribution in [0.5, 0.6) is 0 Å². The molecule has 8 heteroatoms. The molecule has 0 amide bonds. The van der Waals surface area contributed by atoms with Crippen LogP contribution in [0.25, 0.3) is 0 Å². The van der Waals surface area contributed by atoms with Crippen molar-refractivity contribution in [3.8, 4) is 0 Å². The summed E-state index contributed by atoms with van der Waals surface area (Å²) in [6, 6.07) is 0. The van der Waals surface area contributed by atoms with E-state index in [1.807, 2.05) is 11.6 Å². The average molecular weight is 450 g/mol. The zero-order valence-corrected chi connectivity index (χ0v) is 17.2. The number of aliphatic imine (C=N–C) groups is 1. The van der Waals surface area contributed by atoms with Crippen LogP contribution < -0.4 is 10.6 Å². The van der Waals surface area contributed by atoms with Crippen molar-refractivity contribution in [1.82, 2.24) is 25.4 Å². The van der Waals surface area contributed by atoms with Gasteiger partial charge < -0.3 is 19.9 Å². The first-order chi connectivity index (χ1) is 11.3. The van der Waals surface area contributed by atoms with Gasteiger partial charge in [-0.2, -0.15) is 0 Å². The van der Waals surface area contributed by atoms with E-state index in [-0.39, 0.29) is 24.0 Å². The molecule has 1 aliphatic rings. The van der Waals surface area contributed by atoms with Crippen molar-refractivity contribution in [2.24, 2.45) is 10.4 Å². The van der Waals surface area contributed by atoms with E-state index in [1.54, 1.807) is 19.8 Å². The lowest BCUT2D eigenvalue weighted by atomic mass is 9.67. The number of nitrogens with zero attached hydrogens (tertiary/aromatic N) is 4. The van der Waals surface area contributed by atoms with Crippen LogP contribution in [0, 0.1) is 5.41 Å². The standard InChI is InChI=1S/C16H30N6O.HI/c1-17-15(18-9-3-4-10-22-13-20-21-14-22)19-12-16(6-5-7-16)8-11-23-2;/h13-14H,3-12H2,1-2H3,(H2,17,18,19);1H. The fourth-order valence-electron chi connectivity index (χ4n) is 2.97. The van der Waals surface area contributed by atoms with Crippen LogP contribution in [0.1, 0.15) is 38.5 Å². The third-order valence-corrected chi connectivity index (χ3v) is 4.71. The molecule has 0 radical (unpaired) electrons. The van der Waals surface area contributed by atoms with Crippen molar-refractivity contribution >= 4 is 29.9 Å². The van der Waals surface area contributed by atoms with Gasteiger partial charge in [0.25, 0.3) is 0 Å². The monoisotopic (exact) mass is 450 g/mol. The summed E-state index contributed by atoms with van der Waals surface area (Å²) in [5.41, 5.74) is 0.405. The largest absolute Gasteiger partial charge is 0.385 e. The van der Waals surface area contributed by atoms with E-state index in [0.29, 0.717) is 5.41 Å². The van der Waals surface area contributed by atoms with Crippen LogP contribution >= 0.6 is 24.0 Å². The molecular weight excluding hydrogens is 419 g/mol. The fraction of sp³-hybridized carbons (Fsp3) is 0.812. The number of aromatic nitrogens is 3. The van der Waals surface area contributed by atoms with Gasteiger partial charge in [-0.1, -0.05) is 6.42 Å². The molecule has 2 rings (SSSR count). The maximum Gasteiger partial charge on any atom is 0.190 e. The number of methoxy groups -OCH3 is 1. The number of ether oxygens (including phenoxy) is 1. The summed E-state index contributed by atoms with van der Waals surface area (Å²) in [6.07, 6.45) is 10.7. The predicted molar refractivity (Wildman–Crippen MR) is 107 cm³/mol. The molecule has 1 saturated carbocycles. The van der Waals surface area contributed by atoms with Crippen LogP contribution in [-0.2, 0) is 11.3 Å². The van der Waals surface area contributed by atoms with Crippen molar-refractivity contribution in [1.29, 1.82) is 0 Å². The number of aryl methyl sites for hydroxylation is 1. The van der Waals surface area contributed by atoms with Gasteiger partial charge >= 0.3 is 0 Å². The molecule has 2 N–H and O–H groups in total. The molecule has 1 heterocycles. The Labute approximate surface area is 162 Å². The maximum absolute atomic E-state index is 5.24. The topological polar surface area (TPSA) is 76.4 Å². The Bertz CT molecular complexity index is 461. The van der Waals surface area contributed by atoms with Gasteiger partial charge in [0.05, 0.1) is 0 Å². The zero-order chi connectivity index (χ0) is 16.4. The Morgan fingerprint density at radius 3 is 2.58 bits per heavy atom. The number of rotatable bonds is 10. The summed E-state index contributed by atoms with van der Waals surface area (Å²) in [4.78, 5) is 4.32. The Hall–Kier alpha value is -0.900. The smallest absolute Gasteiger partial charge is 0.190 e. The summed E-state index contributed by atoms with van der Waals surface area (Å²) in [7, 11) is 3.61. The number of hydrogen-bond acceptors (Lipinski definition) is 4. The molecule has 0 spiro atoms. The highest BCUT2D eigenvalue weighted by Gasteiger charge is 2.36. The van der Waals surface area contributed by atoms with Crippen molar-refractivity contribution < 1.29 is 4.74 Å². The molecule has 0 aromatic carbocycles. The van der Waals surface area contributed by atoms with Crippen LogP contribution in [0.3, 0.4) is 0 Å². The first-order valence-electron chi connectivity index (χ1n) is 8.54. The normalized spacial score (nSPS) is 16.2. The number of guanidine groups is 1. The van der Waals surface area contributed by atoms with Gasteiger partial charge in [-0.05, 0) is 37.5 Å². The lowest BCUT2D eigenvalue weighted by Crippen LogP contribution is -2.47. The minimum atomic E-state index is 0. The van der Waals surface area contributed by atoms with E-state index in [1.165, 1.54) is 19.3 Å². The Morgan fingerprint density at radius 2 is 2.00 bits per heavy atom. The highest BCUT2D eigenvalue weighted by atomic mass is 127. The number of unbranched alkanes of at least 4 members (excludes halogenated alkanes) is 1. The Balaban J connectivity index is 0.00000288. The van der Waals surface area contributed by atoms with Crippen molar-refractivity contribution in [2.45, 2.75) is 45.1 Å². The molecule has 0 unspecified atom stereocenters. The molecule has 138 valence electrons. The fourth-order valence-corrected chi connectivity index (χ4v) is 2.97. The minimum Gasteiger partial charge on any atom is -0.385 e. The summed E-state index contributed by atoms with van der Waals surface area (Å²) in [6.45, 7) is 3.71.